The van der Waals surface area contributed by atoms with Gasteiger partial charge in [-0.25, -0.2) is 0 Å². The number of hydrogen-bond donors (Lipinski definition) is 1. The number of aromatic nitrogens is 8. The Kier molecular flexibility index (Phi) is 9.83. The van der Waals surface area contributed by atoms with Crippen LogP contribution < -0.4 is 10.1 Å². The summed E-state index contributed by atoms with van der Waals surface area (Å²) in [6.07, 6.45) is 4.02. The van der Waals surface area contributed by atoms with Crippen LogP contribution >= 0.6 is 0 Å². The number of benzene rings is 3. The van der Waals surface area contributed by atoms with Gasteiger partial charge in [-0.2, -0.15) is 18.0 Å². The number of ether oxygens (including phenoxy) is 1. The zero-order chi connectivity index (χ0) is 31.9. The zero-order valence-corrected chi connectivity index (χ0v) is 25.6. The molecule has 3 aromatic carbocycles. The van der Waals surface area contributed by atoms with Gasteiger partial charge >= 0.3 is 6.18 Å². The molecule has 11 nitrogen and oxygen atoms in total. The van der Waals surface area contributed by atoms with E-state index in [0.717, 1.165) is 62.3 Å². The fraction of sp³-hybridized carbons (Fsp3) is 0.438. The second-order valence-electron chi connectivity index (χ2n) is 11.7. The van der Waals surface area contributed by atoms with Crippen molar-refractivity contribution >= 4 is 10.8 Å². The summed E-state index contributed by atoms with van der Waals surface area (Å²) < 4.78 is 43.1. The molecule has 0 saturated carbocycles. The van der Waals surface area contributed by atoms with E-state index in [2.05, 4.69) is 71.4 Å². The molecule has 1 N–H and O–H groups in total. The molecule has 4 heterocycles. The summed E-state index contributed by atoms with van der Waals surface area (Å²) in [5.41, 5.74) is 1.45. The molecular weight excluding hydrogens is 597 g/mol. The van der Waals surface area contributed by atoms with Crippen molar-refractivity contribution in [3.05, 3.63) is 90.0 Å². The average Bonchev–Trinajstić information content (AvgIpc) is 3.81. The van der Waals surface area contributed by atoms with Crippen LogP contribution in [0.2, 0.25) is 0 Å². The van der Waals surface area contributed by atoms with Gasteiger partial charge in [-0.1, -0.05) is 30.3 Å². The Labute approximate surface area is 264 Å². The van der Waals surface area contributed by atoms with Crippen molar-refractivity contribution in [3.63, 3.8) is 0 Å². The number of fused-ring (bicyclic) bond motifs is 1. The molecule has 3 atom stereocenters. The number of piperidine rings is 2. The first kappa shape index (κ1) is 31.5. The molecule has 2 aliphatic heterocycles. The third-order valence-electron chi connectivity index (χ3n) is 8.69. The SMILES string of the molecule is COc1ccc2cc([C@H]([C@H]3CCCNC3)n3ncnn3)ccc2c1.FC(F)(F)c1ccc(CN2CCCC[C@H]2n2ncnn2)cc1. The van der Waals surface area contributed by atoms with Crippen LogP contribution in [0.1, 0.15) is 61.0 Å². The van der Waals surface area contributed by atoms with Crippen molar-refractivity contribution in [3.8, 4) is 5.75 Å². The van der Waals surface area contributed by atoms with Crippen LogP contribution in [0.3, 0.4) is 0 Å². The van der Waals surface area contributed by atoms with Crippen molar-refractivity contribution in [2.45, 2.75) is 57.0 Å². The van der Waals surface area contributed by atoms with E-state index in [-0.39, 0.29) is 12.2 Å². The van der Waals surface area contributed by atoms with Gasteiger partial charge in [0.25, 0.3) is 0 Å². The second kappa shape index (κ2) is 14.3. The highest BCUT2D eigenvalue weighted by molar-refractivity contribution is 5.84. The van der Waals surface area contributed by atoms with Crippen molar-refractivity contribution in [2.24, 2.45) is 5.92 Å². The molecule has 7 rings (SSSR count). The molecular formula is C32H37F3N10O. The number of halogens is 3. The van der Waals surface area contributed by atoms with Crippen molar-refractivity contribution in [1.29, 1.82) is 0 Å². The number of methoxy groups -OCH3 is 1. The van der Waals surface area contributed by atoms with Gasteiger partial charge in [0, 0.05) is 19.6 Å². The molecule has 46 heavy (non-hydrogen) atoms. The Balaban J connectivity index is 0.000000162. The molecule has 0 aliphatic carbocycles. The van der Waals surface area contributed by atoms with E-state index in [9.17, 15) is 13.2 Å². The van der Waals surface area contributed by atoms with Gasteiger partial charge in [-0.3, -0.25) is 4.90 Å². The Morgan fingerprint density at radius 2 is 1.67 bits per heavy atom. The van der Waals surface area contributed by atoms with Gasteiger partial charge in [0.1, 0.15) is 18.0 Å². The molecule has 2 aromatic heterocycles. The Morgan fingerprint density at radius 1 is 0.891 bits per heavy atom. The van der Waals surface area contributed by atoms with E-state index in [1.165, 1.54) is 54.0 Å². The van der Waals surface area contributed by atoms with E-state index in [1.54, 1.807) is 16.7 Å². The van der Waals surface area contributed by atoms with Gasteiger partial charge in [0.2, 0.25) is 0 Å². The summed E-state index contributed by atoms with van der Waals surface area (Å²) in [4.78, 5) is 5.50. The summed E-state index contributed by atoms with van der Waals surface area (Å²) in [5.74, 6) is 1.34. The highest BCUT2D eigenvalue weighted by Crippen LogP contribution is 2.33. The Hall–Kier alpha value is -4.43. The van der Waals surface area contributed by atoms with Crippen LogP contribution in [0.15, 0.2) is 73.3 Å². The summed E-state index contributed by atoms with van der Waals surface area (Å²) in [6.45, 7) is 3.51. The quantitative estimate of drug-likeness (QED) is 0.255. The van der Waals surface area contributed by atoms with Gasteiger partial charge in [0.15, 0.2) is 12.7 Å². The maximum atomic E-state index is 12.6. The molecule has 2 saturated heterocycles. The number of hydrogen-bond acceptors (Lipinski definition) is 9. The molecule has 0 bridgehead atoms. The van der Waals surface area contributed by atoms with E-state index in [0.29, 0.717) is 12.5 Å². The normalized spacial score (nSPS) is 19.7. The van der Waals surface area contributed by atoms with Crippen LogP contribution in [-0.2, 0) is 12.7 Å². The molecule has 14 heteroatoms. The molecule has 242 valence electrons. The van der Waals surface area contributed by atoms with Crippen LogP contribution in [-0.4, -0.2) is 72.1 Å². The lowest BCUT2D eigenvalue weighted by molar-refractivity contribution is -0.137. The predicted molar refractivity (Wildman–Crippen MR) is 165 cm³/mol. The topological polar surface area (TPSA) is 112 Å². The van der Waals surface area contributed by atoms with Crippen LogP contribution in [0.5, 0.6) is 5.75 Å². The molecule has 0 radical (unpaired) electrons. The summed E-state index contributed by atoms with van der Waals surface area (Å²) >= 11 is 0. The number of nitrogens with one attached hydrogen (secondary N) is 1. The third-order valence-corrected chi connectivity index (χ3v) is 8.69. The minimum Gasteiger partial charge on any atom is -0.497 e. The van der Waals surface area contributed by atoms with Crippen LogP contribution in [0.25, 0.3) is 10.8 Å². The first-order valence-electron chi connectivity index (χ1n) is 15.5. The van der Waals surface area contributed by atoms with Crippen LogP contribution in [0, 0.1) is 5.92 Å². The first-order valence-corrected chi connectivity index (χ1v) is 15.5. The second-order valence-corrected chi connectivity index (χ2v) is 11.7. The lowest BCUT2D eigenvalue weighted by Gasteiger charge is -2.34. The van der Waals surface area contributed by atoms with Crippen molar-refractivity contribution in [1.82, 2.24) is 50.6 Å². The molecule has 0 unspecified atom stereocenters. The highest BCUT2D eigenvalue weighted by Gasteiger charge is 2.31. The van der Waals surface area contributed by atoms with Crippen LogP contribution in [0.4, 0.5) is 13.2 Å². The Bertz CT molecular complexity index is 1660. The fourth-order valence-corrected chi connectivity index (χ4v) is 6.36. The van der Waals surface area contributed by atoms with Gasteiger partial charge in [0.05, 0.1) is 12.7 Å². The summed E-state index contributed by atoms with van der Waals surface area (Å²) in [5, 5.41) is 30.0. The maximum absolute atomic E-state index is 12.6. The number of rotatable bonds is 7. The minimum atomic E-state index is -4.29. The maximum Gasteiger partial charge on any atom is 0.416 e. The minimum absolute atomic E-state index is 0.0125. The highest BCUT2D eigenvalue weighted by atomic mass is 19.4. The number of alkyl halides is 3. The average molecular weight is 635 g/mol. The standard InChI is InChI=1S/C18H21N5O.C14H16F3N5/c1-24-17-7-6-13-9-15(5-4-14(13)10-17)18(23-21-12-20-22-23)16-3-2-8-19-11-16;15-14(16,17)12-6-4-11(5-7-12)9-21-8-2-1-3-13(21)22-19-10-18-20-22/h4-7,9-10,12,16,18-19H,2-3,8,11H2,1H3;4-7,10,13H,1-3,8-9H2/t16-,18+;13-/m01/s1. The molecule has 2 aliphatic rings. The van der Waals surface area contributed by atoms with E-state index in [4.69, 9.17) is 4.74 Å². The van der Waals surface area contributed by atoms with Gasteiger partial charge < -0.3 is 10.1 Å². The smallest absolute Gasteiger partial charge is 0.416 e. The summed E-state index contributed by atoms with van der Waals surface area (Å²) in [6, 6.07) is 18.1. The third kappa shape index (κ3) is 7.50. The molecule has 0 amide bonds. The Morgan fingerprint density at radius 3 is 2.37 bits per heavy atom. The lowest BCUT2D eigenvalue weighted by Crippen LogP contribution is -2.37. The predicted octanol–water partition coefficient (Wildman–Crippen LogP) is 5.30. The zero-order valence-electron chi connectivity index (χ0n) is 25.6. The van der Waals surface area contributed by atoms with Crippen molar-refractivity contribution < 1.29 is 17.9 Å². The van der Waals surface area contributed by atoms with Crippen molar-refractivity contribution in [2.75, 3.05) is 26.7 Å². The molecule has 2 fully saturated rings. The van der Waals surface area contributed by atoms with E-state index in [1.807, 2.05) is 6.07 Å². The largest absolute Gasteiger partial charge is 0.497 e. The summed E-state index contributed by atoms with van der Waals surface area (Å²) in [7, 11) is 1.69. The number of tetrazole rings is 2. The number of nitrogens with zero attached hydrogens (tertiary/aromatic N) is 9. The fourth-order valence-electron chi connectivity index (χ4n) is 6.36. The monoisotopic (exact) mass is 634 g/mol. The first-order chi connectivity index (χ1) is 22.4. The van der Waals surface area contributed by atoms with E-state index < -0.39 is 11.7 Å². The van der Waals surface area contributed by atoms with Gasteiger partial charge in [-0.15, -0.1) is 25.2 Å². The lowest BCUT2D eigenvalue weighted by atomic mass is 9.87. The molecule has 0 spiro atoms. The van der Waals surface area contributed by atoms with E-state index >= 15 is 0 Å². The van der Waals surface area contributed by atoms with Gasteiger partial charge in [-0.05, 0) is 107 Å². The number of likely N-dealkylation sites (tertiary alicyclic amines) is 1. The molecule has 5 aromatic rings.